The molecule has 0 spiro atoms. The van der Waals surface area contributed by atoms with Gasteiger partial charge in [-0.15, -0.1) is 0 Å². The second kappa shape index (κ2) is 11.5. The number of benzene rings is 2. The molecule has 3 aromatic rings. The number of aliphatic imine (C=N–C) groups is 1. The molecule has 0 bridgehead atoms. The first kappa shape index (κ1) is 25.6. The SMILES string of the molecule is CNC(=S)/N=C(/Nc1nc(C)cc(C)n1)N1CCN(C(c2ccc(F)cc2)c2ccc(F)cc2)CC1. The van der Waals surface area contributed by atoms with Crippen LogP contribution >= 0.6 is 12.2 Å². The summed E-state index contributed by atoms with van der Waals surface area (Å²) in [4.78, 5) is 17.9. The number of rotatable bonds is 4. The number of aromatic nitrogens is 2. The van der Waals surface area contributed by atoms with Gasteiger partial charge in [-0.3, -0.25) is 10.2 Å². The highest BCUT2D eigenvalue weighted by molar-refractivity contribution is 7.80. The molecule has 36 heavy (non-hydrogen) atoms. The monoisotopic (exact) mass is 509 g/mol. The number of nitrogens with one attached hydrogen (secondary N) is 2. The van der Waals surface area contributed by atoms with Crippen LogP contribution in [0.1, 0.15) is 28.6 Å². The van der Waals surface area contributed by atoms with Gasteiger partial charge >= 0.3 is 0 Å². The van der Waals surface area contributed by atoms with Crippen molar-refractivity contribution in [3.63, 3.8) is 0 Å². The fourth-order valence-corrected chi connectivity index (χ4v) is 4.39. The van der Waals surface area contributed by atoms with Crippen molar-refractivity contribution in [1.82, 2.24) is 25.1 Å². The second-order valence-electron chi connectivity index (χ2n) is 8.62. The average Bonchev–Trinajstić information content (AvgIpc) is 2.86. The molecule has 0 saturated carbocycles. The van der Waals surface area contributed by atoms with Crippen molar-refractivity contribution in [2.45, 2.75) is 19.9 Å². The van der Waals surface area contributed by atoms with Gasteiger partial charge in [-0.1, -0.05) is 24.3 Å². The number of anilines is 1. The molecule has 1 aromatic heterocycles. The third-order valence-electron chi connectivity index (χ3n) is 5.98. The standard InChI is InChI=1S/C26H29F2N7S/c1-17-16-18(2)31-24(30-17)32-25(33-26(36)29-3)35-14-12-34(13-15-35)23(19-4-8-21(27)9-5-19)20-6-10-22(28)11-7-20/h4-11,16,23H,12-15H2,1-3H3,(H2,29,30,31,32,33,36). The maximum atomic E-state index is 13.6. The molecule has 188 valence electrons. The average molecular weight is 510 g/mol. The minimum Gasteiger partial charge on any atom is -0.364 e. The Hall–Kier alpha value is -3.50. The van der Waals surface area contributed by atoms with Crippen molar-refractivity contribution in [1.29, 1.82) is 0 Å². The lowest BCUT2D eigenvalue weighted by molar-refractivity contribution is 0.150. The minimum absolute atomic E-state index is 0.136. The molecule has 7 nitrogen and oxygen atoms in total. The Bertz CT molecular complexity index is 1160. The summed E-state index contributed by atoms with van der Waals surface area (Å²) >= 11 is 5.30. The van der Waals surface area contributed by atoms with Crippen molar-refractivity contribution >= 4 is 29.2 Å². The molecule has 2 aromatic carbocycles. The van der Waals surface area contributed by atoms with Gasteiger partial charge in [0.1, 0.15) is 11.6 Å². The molecule has 0 atom stereocenters. The van der Waals surface area contributed by atoms with Crippen molar-refractivity contribution < 1.29 is 8.78 Å². The van der Waals surface area contributed by atoms with Gasteiger partial charge in [-0.25, -0.2) is 18.7 Å². The molecular weight excluding hydrogens is 480 g/mol. The summed E-state index contributed by atoms with van der Waals surface area (Å²) in [5.74, 6) is 0.451. The number of nitrogens with zero attached hydrogens (tertiary/aromatic N) is 5. The van der Waals surface area contributed by atoms with E-state index in [1.54, 1.807) is 31.3 Å². The third kappa shape index (κ3) is 6.38. The summed E-state index contributed by atoms with van der Waals surface area (Å²) in [6.07, 6.45) is 0. The molecule has 10 heteroatoms. The lowest BCUT2D eigenvalue weighted by Crippen LogP contribution is -2.52. The number of guanidine groups is 1. The number of hydrogen-bond donors (Lipinski definition) is 2. The maximum absolute atomic E-state index is 13.6. The smallest absolute Gasteiger partial charge is 0.229 e. The lowest BCUT2D eigenvalue weighted by atomic mass is 9.96. The highest BCUT2D eigenvalue weighted by Crippen LogP contribution is 2.30. The molecule has 0 amide bonds. The molecule has 4 rings (SSSR count). The van der Waals surface area contributed by atoms with E-state index in [9.17, 15) is 8.78 Å². The summed E-state index contributed by atoms with van der Waals surface area (Å²) in [5, 5.41) is 6.47. The van der Waals surface area contributed by atoms with Crippen LogP contribution in [0.5, 0.6) is 0 Å². The predicted molar refractivity (Wildman–Crippen MR) is 142 cm³/mol. The first-order valence-corrected chi connectivity index (χ1v) is 12.1. The van der Waals surface area contributed by atoms with E-state index in [0.29, 0.717) is 43.2 Å². The summed E-state index contributed by atoms with van der Waals surface area (Å²) in [6, 6.07) is 14.7. The van der Waals surface area contributed by atoms with Crippen LogP contribution in [0.15, 0.2) is 59.6 Å². The van der Waals surface area contributed by atoms with Crippen LogP contribution in [0.25, 0.3) is 0 Å². The van der Waals surface area contributed by atoms with Gasteiger partial charge in [0.2, 0.25) is 11.9 Å². The van der Waals surface area contributed by atoms with E-state index in [1.807, 2.05) is 19.9 Å². The van der Waals surface area contributed by atoms with Crippen LogP contribution in [0.4, 0.5) is 14.7 Å². The predicted octanol–water partition coefficient (Wildman–Crippen LogP) is 4.05. The first-order valence-electron chi connectivity index (χ1n) is 11.7. The van der Waals surface area contributed by atoms with Gasteiger partial charge < -0.3 is 10.2 Å². The Balaban J connectivity index is 1.56. The Morgan fingerprint density at radius 3 is 1.86 bits per heavy atom. The number of piperazine rings is 1. The van der Waals surface area contributed by atoms with Crippen LogP contribution in [0.2, 0.25) is 0 Å². The molecule has 0 unspecified atom stereocenters. The number of aryl methyl sites for hydroxylation is 2. The van der Waals surface area contributed by atoms with Crippen LogP contribution in [0.3, 0.4) is 0 Å². The Labute approximate surface area is 215 Å². The van der Waals surface area contributed by atoms with Gasteiger partial charge in [-0.05, 0) is 67.5 Å². The van der Waals surface area contributed by atoms with E-state index in [-0.39, 0.29) is 17.7 Å². The molecule has 2 N–H and O–H groups in total. The van der Waals surface area contributed by atoms with Crippen molar-refractivity contribution in [3.8, 4) is 0 Å². The van der Waals surface area contributed by atoms with Gasteiger partial charge in [0.15, 0.2) is 5.11 Å². The molecule has 1 saturated heterocycles. The van der Waals surface area contributed by atoms with Gasteiger partial charge in [0.25, 0.3) is 0 Å². The highest BCUT2D eigenvalue weighted by Gasteiger charge is 2.28. The topological polar surface area (TPSA) is 68.7 Å². The van der Waals surface area contributed by atoms with E-state index in [4.69, 9.17) is 12.2 Å². The molecular formula is C26H29F2N7S. The minimum atomic E-state index is -0.289. The van der Waals surface area contributed by atoms with Crippen LogP contribution in [-0.4, -0.2) is 64.1 Å². The summed E-state index contributed by atoms with van der Waals surface area (Å²) < 4.78 is 27.3. The Morgan fingerprint density at radius 2 is 1.39 bits per heavy atom. The quantitative estimate of drug-likeness (QED) is 0.312. The number of thiocarbonyl (C=S) groups is 1. The normalized spacial score (nSPS) is 14.7. The van der Waals surface area contributed by atoms with Crippen LogP contribution in [0, 0.1) is 25.5 Å². The van der Waals surface area contributed by atoms with Gasteiger partial charge in [-0.2, -0.15) is 4.99 Å². The van der Waals surface area contributed by atoms with Crippen molar-refractivity contribution in [3.05, 3.63) is 88.7 Å². The molecule has 1 aliphatic heterocycles. The van der Waals surface area contributed by atoms with E-state index in [2.05, 4.69) is 35.4 Å². The number of halogens is 2. The zero-order valence-corrected chi connectivity index (χ0v) is 21.3. The van der Waals surface area contributed by atoms with E-state index >= 15 is 0 Å². The molecule has 0 radical (unpaired) electrons. The van der Waals surface area contributed by atoms with E-state index in [1.165, 1.54) is 24.3 Å². The lowest BCUT2D eigenvalue weighted by Gasteiger charge is -2.40. The molecule has 1 aliphatic rings. The molecule has 2 heterocycles. The zero-order chi connectivity index (χ0) is 25.7. The largest absolute Gasteiger partial charge is 0.364 e. The Morgan fingerprint density at radius 1 is 0.889 bits per heavy atom. The fourth-order valence-electron chi connectivity index (χ4n) is 4.31. The summed E-state index contributed by atoms with van der Waals surface area (Å²) in [7, 11) is 1.73. The second-order valence-corrected chi connectivity index (χ2v) is 9.01. The molecule has 0 aliphatic carbocycles. The summed E-state index contributed by atoms with van der Waals surface area (Å²) in [5.41, 5.74) is 3.60. The van der Waals surface area contributed by atoms with Gasteiger partial charge in [0.05, 0.1) is 6.04 Å². The van der Waals surface area contributed by atoms with E-state index in [0.717, 1.165) is 22.5 Å². The maximum Gasteiger partial charge on any atom is 0.229 e. The highest BCUT2D eigenvalue weighted by atomic mass is 32.1. The first-order chi connectivity index (χ1) is 17.3. The molecule has 1 fully saturated rings. The van der Waals surface area contributed by atoms with Crippen LogP contribution in [-0.2, 0) is 0 Å². The van der Waals surface area contributed by atoms with Gasteiger partial charge in [0, 0.05) is 44.6 Å². The van der Waals surface area contributed by atoms with Crippen molar-refractivity contribution in [2.75, 3.05) is 38.5 Å². The summed E-state index contributed by atoms with van der Waals surface area (Å²) in [6.45, 7) is 6.53. The van der Waals surface area contributed by atoms with E-state index < -0.39 is 0 Å². The van der Waals surface area contributed by atoms with Crippen LogP contribution < -0.4 is 10.6 Å². The van der Waals surface area contributed by atoms with Crippen molar-refractivity contribution in [2.24, 2.45) is 4.99 Å². The zero-order valence-electron chi connectivity index (χ0n) is 20.5. The third-order valence-corrected chi connectivity index (χ3v) is 6.27. The number of hydrogen-bond acceptors (Lipinski definition) is 4. The fraction of sp³-hybridized carbons (Fsp3) is 0.308. The Kier molecular flexibility index (Phi) is 8.17.